The summed E-state index contributed by atoms with van der Waals surface area (Å²) in [4.78, 5) is 18.0. The highest BCUT2D eigenvalue weighted by atomic mass is 16.2. The van der Waals surface area contributed by atoms with Gasteiger partial charge in [-0.15, -0.1) is 0 Å². The van der Waals surface area contributed by atoms with Gasteiger partial charge in [0, 0.05) is 20.1 Å². The molecule has 0 aromatic carbocycles. The van der Waals surface area contributed by atoms with E-state index in [9.17, 15) is 4.79 Å². The summed E-state index contributed by atoms with van der Waals surface area (Å²) in [5.41, 5.74) is 5.76. The lowest BCUT2D eigenvalue weighted by atomic mass is 9.93. The standard InChI is InChI=1S/C13H23N3O/c1-3-5-11-6-4-9-16(10-11)13(17)12(15-2)7-8-14/h7-8,11H,3-6,9-10,14H2,1-2H3/b8-7-,15-12?. The maximum absolute atomic E-state index is 12.2. The van der Waals surface area contributed by atoms with Crippen molar-refractivity contribution in [2.75, 3.05) is 20.1 Å². The number of likely N-dealkylation sites (tertiary alicyclic amines) is 1. The lowest BCUT2D eigenvalue weighted by Crippen LogP contribution is -2.43. The van der Waals surface area contributed by atoms with E-state index in [-0.39, 0.29) is 5.91 Å². The van der Waals surface area contributed by atoms with Gasteiger partial charge in [-0.3, -0.25) is 9.79 Å². The Kier molecular flexibility index (Phi) is 5.73. The maximum atomic E-state index is 12.2. The number of amides is 1. The van der Waals surface area contributed by atoms with Gasteiger partial charge in [0.25, 0.3) is 5.91 Å². The highest BCUT2D eigenvalue weighted by Gasteiger charge is 2.24. The first-order valence-corrected chi connectivity index (χ1v) is 6.37. The topological polar surface area (TPSA) is 58.7 Å². The lowest BCUT2D eigenvalue weighted by molar-refractivity contribution is -0.125. The summed E-state index contributed by atoms with van der Waals surface area (Å²) < 4.78 is 0. The molecule has 2 N–H and O–H groups in total. The van der Waals surface area contributed by atoms with Gasteiger partial charge >= 0.3 is 0 Å². The molecule has 96 valence electrons. The minimum Gasteiger partial charge on any atom is -0.405 e. The second kappa shape index (κ2) is 7.09. The Balaban J connectivity index is 2.62. The van der Waals surface area contributed by atoms with Crippen LogP contribution in [0.25, 0.3) is 0 Å². The number of nitrogens with zero attached hydrogens (tertiary/aromatic N) is 2. The van der Waals surface area contributed by atoms with E-state index in [4.69, 9.17) is 5.73 Å². The highest BCUT2D eigenvalue weighted by Crippen LogP contribution is 2.21. The minimum absolute atomic E-state index is 0.00926. The van der Waals surface area contributed by atoms with E-state index < -0.39 is 0 Å². The third-order valence-corrected chi connectivity index (χ3v) is 3.22. The van der Waals surface area contributed by atoms with Gasteiger partial charge in [0.15, 0.2) is 0 Å². The molecular weight excluding hydrogens is 214 g/mol. The Morgan fingerprint density at radius 3 is 2.94 bits per heavy atom. The number of hydrogen-bond donors (Lipinski definition) is 1. The summed E-state index contributed by atoms with van der Waals surface area (Å²) in [5.74, 6) is 0.660. The first kappa shape index (κ1) is 13.7. The summed E-state index contributed by atoms with van der Waals surface area (Å²) in [6.07, 6.45) is 7.67. The smallest absolute Gasteiger partial charge is 0.272 e. The third-order valence-electron chi connectivity index (χ3n) is 3.22. The van der Waals surface area contributed by atoms with Crippen molar-refractivity contribution in [2.45, 2.75) is 32.6 Å². The van der Waals surface area contributed by atoms with Crippen LogP contribution in [0, 0.1) is 5.92 Å². The van der Waals surface area contributed by atoms with Crippen LogP contribution in [0.5, 0.6) is 0 Å². The summed E-state index contributed by atoms with van der Waals surface area (Å²) >= 11 is 0. The number of aliphatic imine (C=N–C) groups is 1. The molecule has 1 rings (SSSR count). The Hall–Kier alpha value is -1.32. The van der Waals surface area contributed by atoms with E-state index in [1.165, 1.54) is 25.5 Å². The molecule has 4 heteroatoms. The van der Waals surface area contributed by atoms with Crippen LogP contribution in [0.1, 0.15) is 32.6 Å². The molecule has 1 aliphatic rings. The molecule has 1 atom stereocenters. The fourth-order valence-electron chi connectivity index (χ4n) is 2.39. The Morgan fingerprint density at radius 2 is 2.35 bits per heavy atom. The van der Waals surface area contributed by atoms with Crippen molar-refractivity contribution in [1.82, 2.24) is 4.90 Å². The van der Waals surface area contributed by atoms with Gasteiger partial charge in [-0.05, 0) is 37.5 Å². The SMILES string of the molecule is CCCC1CCCN(C(=O)C(/C=C\N)=NC)C1. The number of hydrogen-bond acceptors (Lipinski definition) is 3. The fraction of sp³-hybridized carbons (Fsp3) is 0.692. The molecule has 1 saturated heterocycles. The maximum Gasteiger partial charge on any atom is 0.272 e. The first-order valence-electron chi connectivity index (χ1n) is 6.37. The molecular formula is C13H23N3O. The molecule has 1 unspecified atom stereocenters. The van der Waals surface area contributed by atoms with Crippen LogP contribution in [0.2, 0.25) is 0 Å². The first-order chi connectivity index (χ1) is 8.22. The van der Waals surface area contributed by atoms with E-state index in [1.807, 2.05) is 4.90 Å². The summed E-state index contributed by atoms with van der Waals surface area (Å²) in [6, 6.07) is 0. The second-order valence-electron chi connectivity index (χ2n) is 4.52. The Bertz CT molecular complexity index is 308. The average molecular weight is 237 g/mol. The van der Waals surface area contributed by atoms with E-state index in [0.29, 0.717) is 11.6 Å². The molecule has 0 bridgehead atoms. The zero-order valence-electron chi connectivity index (χ0n) is 10.9. The number of carbonyl (C=O) groups excluding carboxylic acids is 1. The van der Waals surface area contributed by atoms with Crippen molar-refractivity contribution in [3.8, 4) is 0 Å². The van der Waals surface area contributed by atoms with E-state index >= 15 is 0 Å². The van der Waals surface area contributed by atoms with Crippen molar-refractivity contribution >= 4 is 11.6 Å². The van der Waals surface area contributed by atoms with Crippen molar-refractivity contribution in [3.05, 3.63) is 12.3 Å². The number of carbonyl (C=O) groups is 1. The van der Waals surface area contributed by atoms with Crippen LogP contribution < -0.4 is 5.73 Å². The predicted molar refractivity (Wildman–Crippen MR) is 70.9 cm³/mol. The zero-order valence-corrected chi connectivity index (χ0v) is 10.9. The molecule has 0 spiro atoms. The van der Waals surface area contributed by atoms with Crippen LogP contribution in [-0.2, 0) is 4.79 Å². The second-order valence-corrected chi connectivity index (χ2v) is 4.52. The molecule has 1 amide bonds. The van der Waals surface area contributed by atoms with Gasteiger partial charge in [0.2, 0.25) is 0 Å². The van der Waals surface area contributed by atoms with E-state index in [2.05, 4.69) is 11.9 Å². The van der Waals surface area contributed by atoms with Gasteiger partial charge in [0.05, 0.1) is 0 Å². The van der Waals surface area contributed by atoms with Crippen molar-refractivity contribution in [1.29, 1.82) is 0 Å². The summed E-state index contributed by atoms with van der Waals surface area (Å²) in [7, 11) is 1.63. The monoisotopic (exact) mass is 237 g/mol. The van der Waals surface area contributed by atoms with Gasteiger partial charge in [-0.1, -0.05) is 13.3 Å². The van der Waals surface area contributed by atoms with Crippen molar-refractivity contribution < 1.29 is 4.79 Å². The van der Waals surface area contributed by atoms with Crippen molar-refractivity contribution in [3.63, 3.8) is 0 Å². The van der Waals surface area contributed by atoms with Crippen LogP contribution >= 0.6 is 0 Å². The molecule has 1 aliphatic heterocycles. The van der Waals surface area contributed by atoms with E-state index in [1.54, 1.807) is 13.1 Å². The molecule has 1 fully saturated rings. The van der Waals surface area contributed by atoms with Crippen LogP contribution in [0.4, 0.5) is 0 Å². The summed E-state index contributed by atoms with van der Waals surface area (Å²) in [6.45, 7) is 3.90. The van der Waals surface area contributed by atoms with Gasteiger partial charge in [-0.2, -0.15) is 0 Å². The third kappa shape index (κ3) is 3.88. The fourth-order valence-corrected chi connectivity index (χ4v) is 2.39. The quantitative estimate of drug-likeness (QED) is 0.754. The molecule has 0 radical (unpaired) electrons. The van der Waals surface area contributed by atoms with Gasteiger partial charge < -0.3 is 10.6 Å². The zero-order chi connectivity index (χ0) is 12.7. The minimum atomic E-state index is 0.00926. The number of piperidine rings is 1. The highest BCUT2D eigenvalue weighted by molar-refractivity contribution is 6.43. The average Bonchev–Trinajstić information content (AvgIpc) is 2.36. The van der Waals surface area contributed by atoms with Gasteiger partial charge in [-0.25, -0.2) is 0 Å². The van der Waals surface area contributed by atoms with Gasteiger partial charge in [0.1, 0.15) is 5.71 Å². The Labute approximate surface area is 104 Å². The van der Waals surface area contributed by atoms with Crippen LogP contribution in [-0.4, -0.2) is 36.7 Å². The molecule has 0 aromatic heterocycles. The van der Waals surface area contributed by atoms with Crippen LogP contribution in [0.15, 0.2) is 17.3 Å². The molecule has 4 nitrogen and oxygen atoms in total. The normalized spacial score (nSPS) is 22.1. The Morgan fingerprint density at radius 1 is 1.59 bits per heavy atom. The largest absolute Gasteiger partial charge is 0.405 e. The molecule has 0 aromatic rings. The predicted octanol–water partition coefficient (Wildman–Crippen LogP) is 1.57. The molecule has 0 saturated carbocycles. The lowest BCUT2D eigenvalue weighted by Gasteiger charge is -2.32. The molecule has 0 aliphatic carbocycles. The summed E-state index contributed by atoms with van der Waals surface area (Å²) in [5, 5.41) is 0. The number of nitrogens with two attached hydrogens (primary N) is 1. The number of rotatable bonds is 4. The van der Waals surface area contributed by atoms with E-state index in [0.717, 1.165) is 19.5 Å². The molecule has 17 heavy (non-hydrogen) atoms. The molecule has 1 heterocycles. The van der Waals surface area contributed by atoms with Crippen molar-refractivity contribution in [2.24, 2.45) is 16.6 Å². The van der Waals surface area contributed by atoms with Crippen LogP contribution in [0.3, 0.4) is 0 Å².